The highest BCUT2D eigenvalue weighted by atomic mass is 15.2. The Bertz CT molecular complexity index is 247. The second kappa shape index (κ2) is 8.38. The molecule has 2 nitrogen and oxygen atoms in total. The molecular weight excluding hydrogens is 244 g/mol. The van der Waals surface area contributed by atoms with Crippen molar-refractivity contribution in [1.29, 1.82) is 0 Å². The predicted octanol–water partition coefficient (Wildman–Crippen LogP) is 4.55. The van der Waals surface area contributed by atoms with Crippen molar-refractivity contribution in [2.24, 2.45) is 11.3 Å². The van der Waals surface area contributed by atoms with Crippen LogP contribution in [0.1, 0.15) is 75.2 Å². The number of nitrogens with one attached hydrogen (secondary N) is 1. The third kappa shape index (κ3) is 8.97. The molecular formula is C18H40N2. The Kier molecular flexibility index (Phi) is 8.35. The van der Waals surface area contributed by atoms with E-state index < -0.39 is 0 Å². The fraction of sp³-hybridized carbons (Fsp3) is 1.00. The average molecular weight is 285 g/mol. The van der Waals surface area contributed by atoms with Gasteiger partial charge in [-0.2, -0.15) is 0 Å². The van der Waals surface area contributed by atoms with E-state index in [1.807, 2.05) is 0 Å². The van der Waals surface area contributed by atoms with Crippen LogP contribution in [0.4, 0.5) is 0 Å². The van der Waals surface area contributed by atoms with E-state index in [1.165, 1.54) is 25.9 Å². The molecule has 0 aliphatic heterocycles. The van der Waals surface area contributed by atoms with Crippen LogP contribution in [0.5, 0.6) is 0 Å². The SMILES string of the molecule is CCC(CC)N(CC(C)C)CC(C)(C)CNC(C)(C)C. The Hall–Kier alpha value is -0.0800. The lowest BCUT2D eigenvalue weighted by Gasteiger charge is -2.39. The summed E-state index contributed by atoms with van der Waals surface area (Å²) in [5.41, 5.74) is 0.514. The zero-order chi connectivity index (χ0) is 16.0. The Morgan fingerprint density at radius 3 is 1.80 bits per heavy atom. The van der Waals surface area contributed by atoms with Gasteiger partial charge in [-0.05, 0) is 44.9 Å². The molecule has 20 heavy (non-hydrogen) atoms. The number of hydrogen-bond donors (Lipinski definition) is 1. The molecule has 0 aromatic carbocycles. The molecule has 0 spiro atoms. The smallest absolute Gasteiger partial charge is 0.00967 e. The number of rotatable bonds is 9. The molecule has 0 heterocycles. The van der Waals surface area contributed by atoms with Crippen molar-refractivity contribution in [1.82, 2.24) is 10.2 Å². The first-order valence-electron chi connectivity index (χ1n) is 8.49. The summed E-state index contributed by atoms with van der Waals surface area (Å²) in [7, 11) is 0. The van der Waals surface area contributed by atoms with Gasteiger partial charge in [0.25, 0.3) is 0 Å². The lowest BCUT2D eigenvalue weighted by atomic mass is 9.89. The maximum atomic E-state index is 3.67. The largest absolute Gasteiger partial charge is 0.311 e. The van der Waals surface area contributed by atoms with Gasteiger partial charge in [-0.1, -0.05) is 41.5 Å². The Labute approximate surface area is 128 Å². The minimum Gasteiger partial charge on any atom is -0.311 e. The van der Waals surface area contributed by atoms with Crippen LogP contribution in [-0.4, -0.2) is 36.1 Å². The highest BCUT2D eigenvalue weighted by molar-refractivity contribution is 4.83. The van der Waals surface area contributed by atoms with E-state index >= 15 is 0 Å². The second-order valence-corrected chi connectivity index (χ2v) is 8.56. The molecule has 0 unspecified atom stereocenters. The van der Waals surface area contributed by atoms with E-state index in [-0.39, 0.29) is 5.54 Å². The van der Waals surface area contributed by atoms with Gasteiger partial charge < -0.3 is 5.32 Å². The third-order valence-electron chi connectivity index (χ3n) is 3.79. The Morgan fingerprint density at radius 1 is 0.950 bits per heavy atom. The van der Waals surface area contributed by atoms with Crippen LogP contribution in [0, 0.1) is 11.3 Å². The highest BCUT2D eigenvalue weighted by Crippen LogP contribution is 2.22. The van der Waals surface area contributed by atoms with Crippen LogP contribution in [0.2, 0.25) is 0 Å². The molecule has 0 atom stereocenters. The summed E-state index contributed by atoms with van der Waals surface area (Å²) < 4.78 is 0. The highest BCUT2D eigenvalue weighted by Gasteiger charge is 2.27. The van der Waals surface area contributed by atoms with Crippen molar-refractivity contribution in [3.05, 3.63) is 0 Å². The maximum absolute atomic E-state index is 3.67. The molecule has 0 saturated heterocycles. The number of nitrogens with zero attached hydrogens (tertiary/aromatic N) is 1. The van der Waals surface area contributed by atoms with Gasteiger partial charge in [0.05, 0.1) is 0 Å². The molecule has 0 radical (unpaired) electrons. The standard InChI is InChI=1S/C18H40N2/c1-10-16(11-2)20(12-15(3)4)14-18(8,9)13-19-17(5,6)7/h15-16,19H,10-14H2,1-9H3. The first-order valence-corrected chi connectivity index (χ1v) is 8.49. The van der Waals surface area contributed by atoms with Gasteiger partial charge >= 0.3 is 0 Å². The van der Waals surface area contributed by atoms with Gasteiger partial charge in [0, 0.05) is 31.2 Å². The van der Waals surface area contributed by atoms with Crippen molar-refractivity contribution < 1.29 is 0 Å². The summed E-state index contributed by atoms with van der Waals surface area (Å²) in [6, 6.07) is 0.728. The quantitative estimate of drug-likeness (QED) is 0.668. The minimum atomic E-state index is 0.203. The molecule has 0 bridgehead atoms. The molecule has 0 amide bonds. The summed E-state index contributed by atoms with van der Waals surface area (Å²) in [5.74, 6) is 0.738. The van der Waals surface area contributed by atoms with Crippen LogP contribution in [-0.2, 0) is 0 Å². The molecule has 0 aromatic rings. The molecule has 0 aliphatic rings. The maximum Gasteiger partial charge on any atom is 0.00967 e. The Balaban J connectivity index is 4.68. The second-order valence-electron chi connectivity index (χ2n) is 8.56. The van der Waals surface area contributed by atoms with E-state index in [4.69, 9.17) is 0 Å². The zero-order valence-electron chi connectivity index (χ0n) is 15.6. The monoisotopic (exact) mass is 284 g/mol. The summed E-state index contributed by atoms with van der Waals surface area (Å²) in [6.45, 7) is 24.3. The molecule has 122 valence electrons. The lowest BCUT2D eigenvalue weighted by Crippen LogP contribution is -2.49. The average Bonchev–Trinajstić information content (AvgIpc) is 2.26. The third-order valence-corrected chi connectivity index (χ3v) is 3.79. The molecule has 0 aliphatic carbocycles. The molecule has 0 fully saturated rings. The summed E-state index contributed by atoms with van der Waals surface area (Å²) in [5, 5.41) is 3.67. The van der Waals surface area contributed by atoms with Crippen LogP contribution in [0.3, 0.4) is 0 Å². The minimum absolute atomic E-state index is 0.203. The van der Waals surface area contributed by atoms with Gasteiger partial charge in [-0.3, -0.25) is 4.90 Å². The van der Waals surface area contributed by atoms with Crippen LogP contribution in [0.15, 0.2) is 0 Å². The summed E-state index contributed by atoms with van der Waals surface area (Å²) in [4.78, 5) is 2.72. The van der Waals surface area contributed by atoms with Crippen molar-refractivity contribution in [3.8, 4) is 0 Å². The van der Waals surface area contributed by atoms with Crippen LogP contribution in [0.25, 0.3) is 0 Å². The van der Waals surface area contributed by atoms with Gasteiger partial charge in [-0.25, -0.2) is 0 Å². The lowest BCUT2D eigenvalue weighted by molar-refractivity contribution is 0.103. The van der Waals surface area contributed by atoms with E-state index in [1.54, 1.807) is 0 Å². The van der Waals surface area contributed by atoms with Gasteiger partial charge in [0.15, 0.2) is 0 Å². The molecule has 0 aromatic heterocycles. The van der Waals surface area contributed by atoms with Crippen LogP contribution >= 0.6 is 0 Å². The zero-order valence-corrected chi connectivity index (χ0v) is 15.6. The fourth-order valence-electron chi connectivity index (χ4n) is 2.73. The van der Waals surface area contributed by atoms with Gasteiger partial charge in [0.2, 0.25) is 0 Å². The van der Waals surface area contributed by atoms with Crippen molar-refractivity contribution in [2.75, 3.05) is 19.6 Å². The van der Waals surface area contributed by atoms with Crippen molar-refractivity contribution >= 4 is 0 Å². The van der Waals surface area contributed by atoms with Crippen molar-refractivity contribution in [3.63, 3.8) is 0 Å². The topological polar surface area (TPSA) is 15.3 Å². The van der Waals surface area contributed by atoms with Gasteiger partial charge in [-0.15, -0.1) is 0 Å². The fourth-order valence-corrected chi connectivity index (χ4v) is 2.73. The Morgan fingerprint density at radius 2 is 1.45 bits per heavy atom. The summed E-state index contributed by atoms with van der Waals surface area (Å²) in [6.07, 6.45) is 2.51. The molecule has 1 N–H and O–H groups in total. The van der Waals surface area contributed by atoms with Crippen molar-refractivity contribution in [2.45, 2.75) is 86.7 Å². The summed E-state index contributed by atoms with van der Waals surface area (Å²) >= 11 is 0. The van der Waals surface area contributed by atoms with E-state index in [0.29, 0.717) is 5.41 Å². The molecule has 2 heteroatoms. The molecule has 0 saturated carbocycles. The first kappa shape index (κ1) is 19.9. The predicted molar refractivity (Wildman–Crippen MR) is 92.3 cm³/mol. The molecule has 0 rings (SSSR count). The van der Waals surface area contributed by atoms with E-state index in [2.05, 4.69) is 72.5 Å². The van der Waals surface area contributed by atoms with E-state index in [9.17, 15) is 0 Å². The normalized spacial score (nSPS) is 13.8. The van der Waals surface area contributed by atoms with E-state index in [0.717, 1.165) is 18.5 Å². The number of hydrogen-bond acceptors (Lipinski definition) is 2. The first-order chi connectivity index (χ1) is 9.00. The van der Waals surface area contributed by atoms with Gasteiger partial charge in [0.1, 0.15) is 0 Å². The van der Waals surface area contributed by atoms with Crippen LogP contribution < -0.4 is 5.32 Å².